The maximum Gasteiger partial charge on any atom is 0.345 e. The number of rotatable bonds is 5. The Morgan fingerprint density at radius 1 is 1.07 bits per heavy atom. The molecular formula is C22H16ClN3O3. The largest absolute Gasteiger partial charge is 0.493 e. The molecule has 7 heteroatoms. The van der Waals surface area contributed by atoms with E-state index in [-0.39, 0.29) is 5.56 Å². The molecule has 6 nitrogen and oxygen atoms in total. The smallest absolute Gasteiger partial charge is 0.345 e. The lowest BCUT2D eigenvalue weighted by atomic mass is 10.2. The third kappa shape index (κ3) is 3.97. The monoisotopic (exact) mass is 405 g/mol. The maximum absolute atomic E-state index is 12.4. The lowest BCUT2D eigenvalue weighted by Gasteiger charge is -2.10. The van der Waals surface area contributed by atoms with E-state index in [1.807, 2.05) is 24.3 Å². The standard InChI is InChI=1S/C22H16ClN3O3/c1-28-21-12-15(13-25-26-14-24-18-8-4-5-9-19(18)26)10-11-20(21)29-22(27)16-6-2-3-7-17(16)23/h2-14H,1H3/b25-13-. The van der Waals surface area contributed by atoms with E-state index in [2.05, 4.69) is 10.1 Å². The van der Waals surface area contributed by atoms with E-state index in [0.717, 1.165) is 16.6 Å². The van der Waals surface area contributed by atoms with Crippen LogP contribution < -0.4 is 9.47 Å². The van der Waals surface area contributed by atoms with Crippen molar-refractivity contribution in [2.45, 2.75) is 0 Å². The minimum Gasteiger partial charge on any atom is -0.493 e. The summed E-state index contributed by atoms with van der Waals surface area (Å²) in [5, 5.41) is 4.76. The second-order valence-corrected chi connectivity index (χ2v) is 6.51. The van der Waals surface area contributed by atoms with Crippen LogP contribution in [-0.2, 0) is 0 Å². The molecule has 0 aliphatic rings. The molecule has 144 valence electrons. The summed E-state index contributed by atoms with van der Waals surface area (Å²) in [6.45, 7) is 0. The van der Waals surface area contributed by atoms with Gasteiger partial charge in [-0.3, -0.25) is 0 Å². The molecule has 0 saturated heterocycles. The van der Waals surface area contributed by atoms with Crippen LogP contribution in [0.2, 0.25) is 5.02 Å². The summed E-state index contributed by atoms with van der Waals surface area (Å²) in [4.78, 5) is 16.7. The van der Waals surface area contributed by atoms with Crippen molar-refractivity contribution in [2.24, 2.45) is 5.10 Å². The number of methoxy groups -OCH3 is 1. The minimum absolute atomic E-state index is 0.286. The van der Waals surface area contributed by atoms with Crippen LogP contribution in [0.5, 0.6) is 11.5 Å². The van der Waals surface area contributed by atoms with Gasteiger partial charge in [0.1, 0.15) is 6.33 Å². The van der Waals surface area contributed by atoms with E-state index < -0.39 is 5.97 Å². The molecule has 0 unspecified atom stereocenters. The summed E-state index contributed by atoms with van der Waals surface area (Å²) in [6.07, 6.45) is 3.33. The lowest BCUT2D eigenvalue weighted by molar-refractivity contribution is 0.0730. The molecule has 0 N–H and O–H groups in total. The fourth-order valence-corrected chi connectivity index (χ4v) is 3.01. The first-order chi connectivity index (χ1) is 14.2. The molecule has 4 rings (SSSR count). The van der Waals surface area contributed by atoms with Crippen LogP contribution in [0.1, 0.15) is 15.9 Å². The van der Waals surface area contributed by atoms with E-state index in [4.69, 9.17) is 21.1 Å². The Balaban J connectivity index is 1.56. The molecule has 4 aromatic rings. The van der Waals surface area contributed by atoms with Gasteiger partial charge in [0.2, 0.25) is 0 Å². The molecule has 0 bridgehead atoms. The Hall–Kier alpha value is -3.64. The lowest BCUT2D eigenvalue weighted by Crippen LogP contribution is -2.10. The molecule has 0 aliphatic carbocycles. The van der Waals surface area contributed by atoms with Crippen molar-refractivity contribution in [1.82, 2.24) is 9.66 Å². The zero-order valence-corrected chi connectivity index (χ0v) is 16.2. The van der Waals surface area contributed by atoms with Gasteiger partial charge in [-0.05, 0) is 48.0 Å². The number of carbonyl (C=O) groups is 1. The molecule has 0 saturated carbocycles. The third-order valence-corrected chi connectivity index (χ3v) is 4.58. The Bertz CT molecular complexity index is 1220. The zero-order chi connectivity index (χ0) is 20.2. The molecule has 0 atom stereocenters. The number of para-hydroxylation sites is 2. The second-order valence-electron chi connectivity index (χ2n) is 6.10. The van der Waals surface area contributed by atoms with Crippen LogP contribution in [0.15, 0.2) is 78.2 Å². The summed E-state index contributed by atoms with van der Waals surface area (Å²) in [5.41, 5.74) is 2.83. The topological polar surface area (TPSA) is 65.7 Å². The first kappa shape index (κ1) is 18.7. The van der Waals surface area contributed by atoms with Crippen molar-refractivity contribution in [2.75, 3.05) is 7.11 Å². The number of hydrogen-bond acceptors (Lipinski definition) is 5. The fraction of sp³-hybridized carbons (Fsp3) is 0.0455. The summed E-state index contributed by atoms with van der Waals surface area (Å²) < 4.78 is 12.5. The molecular weight excluding hydrogens is 390 g/mol. The summed E-state index contributed by atoms with van der Waals surface area (Å²) >= 11 is 6.06. The number of esters is 1. The highest BCUT2D eigenvalue weighted by molar-refractivity contribution is 6.33. The highest BCUT2D eigenvalue weighted by Crippen LogP contribution is 2.29. The van der Waals surface area contributed by atoms with E-state index >= 15 is 0 Å². The molecule has 0 spiro atoms. The third-order valence-electron chi connectivity index (χ3n) is 4.25. The molecule has 0 radical (unpaired) electrons. The molecule has 29 heavy (non-hydrogen) atoms. The molecule has 3 aromatic carbocycles. The summed E-state index contributed by atoms with van der Waals surface area (Å²) in [5.74, 6) is 0.146. The van der Waals surface area contributed by atoms with Gasteiger partial charge in [0.05, 0.1) is 34.9 Å². The minimum atomic E-state index is -0.555. The van der Waals surface area contributed by atoms with Crippen molar-refractivity contribution < 1.29 is 14.3 Å². The average molecular weight is 406 g/mol. The molecule has 0 fully saturated rings. The highest BCUT2D eigenvalue weighted by atomic mass is 35.5. The van der Waals surface area contributed by atoms with Crippen LogP contribution in [0, 0.1) is 0 Å². The average Bonchev–Trinajstić information content (AvgIpc) is 3.16. The molecule has 0 aliphatic heterocycles. The number of fused-ring (bicyclic) bond motifs is 1. The first-order valence-electron chi connectivity index (χ1n) is 8.77. The van der Waals surface area contributed by atoms with E-state index in [0.29, 0.717) is 16.5 Å². The van der Waals surface area contributed by atoms with E-state index in [1.165, 1.54) is 7.11 Å². The van der Waals surface area contributed by atoms with Crippen molar-refractivity contribution in [3.05, 3.63) is 89.2 Å². The van der Waals surface area contributed by atoms with E-state index in [1.54, 1.807) is 59.7 Å². The van der Waals surface area contributed by atoms with Crippen LogP contribution in [0.25, 0.3) is 11.0 Å². The first-order valence-corrected chi connectivity index (χ1v) is 9.14. The highest BCUT2D eigenvalue weighted by Gasteiger charge is 2.15. The van der Waals surface area contributed by atoms with Gasteiger partial charge in [-0.1, -0.05) is 35.9 Å². The number of nitrogens with zero attached hydrogens (tertiary/aromatic N) is 3. The number of halogens is 1. The molecule has 0 amide bonds. The summed E-state index contributed by atoms with van der Waals surface area (Å²) in [6, 6.07) is 19.6. The van der Waals surface area contributed by atoms with Gasteiger partial charge in [-0.15, -0.1) is 0 Å². The Kier molecular flexibility index (Phi) is 5.27. The number of aromatic nitrogens is 2. The van der Waals surface area contributed by atoms with Crippen LogP contribution in [-0.4, -0.2) is 29.0 Å². The number of ether oxygens (including phenoxy) is 2. The van der Waals surface area contributed by atoms with Crippen LogP contribution >= 0.6 is 11.6 Å². The van der Waals surface area contributed by atoms with E-state index in [9.17, 15) is 4.79 Å². The van der Waals surface area contributed by atoms with Gasteiger partial charge in [0, 0.05) is 0 Å². The van der Waals surface area contributed by atoms with Gasteiger partial charge in [-0.25, -0.2) is 14.5 Å². The predicted molar refractivity (Wildman–Crippen MR) is 112 cm³/mol. The summed E-state index contributed by atoms with van der Waals surface area (Å²) in [7, 11) is 1.51. The number of benzene rings is 3. The fourth-order valence-electron chi connectivity index (χ4n) is 2.80. The van der Waals surface area contributed by atoms with Crippen LogP contribution in [0.3, 0.4) is 0 Å². The molecule has 1 heterocycles. The Morgan fingerprint density at radius 2 is 1.86 bits per heavy atom. The molecule has 1 aromatic heterocycles. The van der Waals surface area contributed by atoms with Crippen LogP contribution in [0.4, 0.5) is 0 Å². The van der Waals surface area contributed by atoms with Crippen molar-refractivity contribution in [3.63, 3.8) is 0 Å². The number of imidazole rings is 1. The number of hydrogen-bond donors (Lipinski definition) is 0. The Morgan fingerprint density at radius 3 is 2.69 bits per heavy atom. The van der Waals surface area contributed by atoms with Crippen molar-refractivity contribution in [3.8, 4) is 11.5 Å². The zero-order valence-electron chi connectivity index (χ0n) is 15.4. The van der Waals surface area contributed by atoms with Crippen molar-refractivity contribution in [1.29, 1.82) is 0 Å². The normalized spacial score (nSPS) is 11.1. The van der Waals surface area contributed by atoms with Gasteiger partial charge in [-0.2, -0.15) is 5.10 Å². The van der Waals surface area contributed by atoms with Gasteiger partial charge < -0.3 is 9.47 Å². The Labute approximate surface area is 172 Å². The van der Waals surface area contributed by atoms with Gasteiger partial charge in [0.25, 0.3) is 0 Å². The van der Waals surface area contributed by atoms with Gasteiger partial charge in [0.15, 0.2) is 11.5 Å². The SMILES string of the molecule is COc1cc(/C=N\n2cnc3ccccc32)ccc1OC(=O)c1ccccc1Cl. The number of carbonyl (C=O) groups excluding carboxylic acids is 1. The van der Waals surface area contributed by atoms with Gasteiger partial charge >= 0.3 is 5.97 Å². The second kappa shape index (κ2) is 8.16. The quantitative estimate of drug-likeness (QED) is 0.272. The predicted octanol–water partition coefficient (Wildman–Crippen LogP) is 4.80. The van der Waals surface area contributed by atoms with Crippen molar-refractivity contribution >= 4 is 34.8 Å². The maximum atomic E-state index is 12.4.